The molecule has 0 bridgehead atoms. The number of carbonyl (C=O) groups excluding carboxylic acids is 1. The minimum atomic E-state index is -0.141. The highest BCUT2D eigenvalue weighted by molar-refractivity contribution is 5.97. The summed E-state index contributed by atoms with van der Waals surface area (Å²) in [4.78, 5) is 13.1. The molecule has 4 heteroatoms. The van der Waals surface area contributed by atoms with Crippen LogP contribution in [-0.2, 0) is 0 Å². The molecule has 0 spiro atoms. The van der Waals surface area contributed by atoms with Crippen LogP contribution in [0.15, 0.2) is 66.7 Å². The molecule has 0 amide bonds. The van der Waals surface area contributed by atoms with Gasteiger partial charge in [-0.15, -0.1) is 0 Å². The van der Waals surface area contributed by atoms with Crippen LogP contribution in [0.4, 0.5) is 5.69 Å². The van der Waals surface area contributed by atoms with Gasteiger partial charge in [-0.1, -0.05) is 42.0 Å². The van der Waals surface area contributed by atoms with Gasteiger partial charge in [-0.2, -0.15) is 0 Å². The number of hydrogen-bond acceptors (Lipinski definition) is 4. The van der Waals surface area contributed by atoms with Crippen LogP contribution in [0.3, 0.4) is 0 Å². The van der Waals surface area contributed by atoms with Gasteiger partial charge in [-0.05, 0) is 55.3 Å². The fourth-order valence-corrected chi connectivity index (χ4v) is 3.30. The van der Waals surface area contributed by atoms with Crippen LogP contribution in [0.1, 0.15) is 39.5 Å². The summed E-state index contributed by atoms with van der Waals surface area (Å²) in [5.41, 5.74) is 5.03. The minimum absolute atomic E-state index is 0.0386. The summed E-state index contributed by atoms with van der Waals surface area (Å²) in [5.74, 6) is 1.20. The molecule has 150 valence electrons. The van der Waals surface area contributed by atoms with Gasteiger partial charge >= 0.3 is 0 Å². The Bertz CT molecular complexity index is 980. The first-order valence-corrected chi connectivity index (χ1v) is 9.65. The summed E-state index contributed by atoms with van der Waals surface area (Å²) in [6.45, 7) is 4.11. The Morgan fingerprint density at radius 2 is 1.59 bits per heavy atom. The maximum atomic E-state index is 13.1. The quantitative estimate of drug-likeness (QED) is 0.499. The number of nitrogens with one attached hydrogen (secondary N) is 1. The van der Waals surface area contributed by atoms with Crippen molar-refractivity contribution < 1.29 is 14.3 Å². The lowest BCUT2D eigenvalue weighted by atomic mass is 9.96. The molecule has 1 unspecified atom stereocenters. The monoisotopic (exact) mass is 389 g/mol. The molecule has 0 heterocycles. The zero-order valence-electron chi connectivity index (χ0n) is 17.4. The highest BCUT2D eigenvalue weighted by atomic mass is 16.5. The predicted molar refractivity (Wildman–Crippen MR) is 117 cm³/mol. The van der Waals surface area contributed by atoms with E-state index in [0.29, 0.717) is 23.5 Å². The van der Waals surface area contributed by atoms with Crippen molar-refractivity contribution >= 4 is 11.5 Å². The number of rotatable bonds is 8. The van der Waals surface area contributed by atoms with E-state index in [2.05, 4.69) is 55.6 Å². The van der Waals surface area contributed by atoms with Crippen molar-refractivity contribution in [3.05, 3.63) is 89.0 Å². The van der Waals surface area contributed by atoms with Crippen LogP contribution in [0, 0.1) is 13.8 Å². The van der Waals surface area contributed by atoms with Crippen molar-refractivity contribution in [1.29, 1.82) is 0 Å². The standard InChI is InChI=1S/C25H27NO3/c1-17-8-10-19(11-9-17)22(26-21-7-5-6-18(2)14-21)16-23(27)20-12-13-24(28-3)25(15-20)29-4/h5-15,22,26H,16H2,1-4H3. The van der Waals surface area contributed by atoms with Gasteiger partial charge in [0.25, 0.3) is 0 Å². The van der Waals surface area contributed by atoms with E-state index in [0.717, 1.165) is 11.3 Å². The predicted octanol–water partition coefficient (Wildman–Crippen LogP) is 5.75. The second kappa shape index (κ2) is 9.28. The summed E-state index contributed by atoms with van der Waals surface area (Å²) in [6.07, 6.45) is 0.326. The Labute approximate surface area is 172 Å². The molecule has 0 aliphatic rings. The Morgan fingerprint density at radius 1 is 0.862 bits per heavy atom. The van der Waals surface area contributed by atoms with Gasteiger partial charge < -0.3 is 14.8 Å². The fraction of sp³-hybridized carbons (Fsp3) is 0.240. The van der Waals surface area contributed by atoms with Crippen LogP contribution in [0.25, 0.3) is 0 Å². The lowest BCUT2D eigenvalue weighted by Gasteiger charge is -2.21. The first-order chi connectivity index (χ1) is 14.0. The average Bonchev–Trinajstić information content (AvgIpc) is 2.73. The number of methoxy groups -OCH3 is 2. The van der Waals surface area contributed by atoms with E-state index >= 15 is 0 Å². The molecule has 3 aromatic carbocycles. The molecule has 1 N–H and O–H groups in total. The zero-order chi connectivity index (χ0) is 20.8. The van der Waals surface area contributed by atoms with Crippen molar-refractivity contribution in [2.75, 3.05) is 19.5 Å². The second-order valence-electron chi connectivity index (χ2n) is 7.17. The molecule has 3 rings (SSSR count). The van der Waals surface area contributed by atoms with E-state index in [9.17, 15) is 4.79 Å². The molecule has 29 heavy (non-hydrogen) atoms. The number of aryl methyl sites for hydroxylation is 2. The third-order valence-electron chi connectivity index (χ3n) is 4.93. The Morgan fingerprint density at radius 3 is 2.24 bits per heavy atom. The number of ether oxygens (including phenoxy) is 2. The number of ketones is 1. The van der Waals surface area contributed by atoms with Crippen molar-refractivity contribution in [2.45, 2.75) is 26.3 Å². The van der Waals surface area contributed by atoms with Crippen LogP contribution >= 0.6 is 0 Å². The van der Waals surface area contributed by atoms with E-state index in [1.54, 1.807) is 32.4 Å². The topological polar surface area (TPSA) is 47.6 Å². The SMILES string of the molecule is COc1ccc(C(=O)CC(Nc2cccc(C)c2)c2ccc(C)cc2)cc1OC. The third kappa shape index (κ3) is 5.17. The summed E-state index contributed by atoms with van der Waals surface area (Å²) >= 11 is 0. The minimum Gasteiger partial charge on any atom is -0.493 e. The first kappa shape index (κ1) is 20.5. The molecule has 0 radical (unpaired) electrons. The Balaban J connectivity index is 1.87. The third-order valence-corrected chi connectivity index (χ3v) is 4.93. The highest BCUT2D eigenvalue weighted by Gasteiger charge is 2.19. The van der Waals surface area contributed by atoms with Crippen LogP contribution in [0.5, 0.6) is 11.5 Å². The highest BCUT2D eigenvalue weighted by Crippen LogP contribution is 2.30. The fourth-order valence-electron chi connectivity index (χ4n) is 3.30. The van der Waals surface area contributed by atoms with Gasteiger partial charge in [0.2, 0.25) is 0 Å². The van der Waals surface area contributed by atoms with E-state index in [4.69, 9.17) is 9.47 Å². The number of carbonyl (C=O) groups is 1. The molecule has 0 aromatic heterocycles. The van der Waals surface area contributed by atoms with E-state index in [1.165, 1.54) is 11.1 Å². The number of hydrogen-bond donors (Lipinski definition) is 1. The molecule has 1 atom stereocenters. The molecular formula is C25H27NO3. The Hall–Kier alpha value is -3.27. The lowest BCUT2D eigenvalue weighted by molar-refractivity contribution is 0.0976. The van der Waals surface area contributed by atoms with E-state index in [-0.39, 0.29) is 11.8 Å². The summed E-state index contributed by atoms with van der Waals surface area (Å²) in [7, 11) is 3.15. The molecular weight excluding hydrogens is 362 g/mol. The van der Waals surface area contributed by atoms with Crippen molar-refractivity contribution in [1.82, 2.24) is 0 Å². The lowest BCUT2D eigenvalue weighted by Crippen LogP contribution is -2.16. The molecule has 0 saturated carbocycles. The smallest absolute Gasteiger partial charge is 0.165 e. The van der Waals surface area contributed by atoms with Gasteiger partial charge in [0.1, 0.15) is 0 Å². The molecule has 3 aromatic rings. The van der Waals surface area contributed by atoms with Gasteiger partial charge in [0, 0.05) is 17.7 Å². The number of anilines is 1. The summed E-state index contributed by atoms with van der Waals surface area (Å²) in [5, 5.41) is 3.53. The van der Waals surface area contributed by atoms with Gasteiger partial charge in [-0.3, -0.25) is 4.79 Å². The normalized spacial score (nSPS) is 11.6. The van der Waals surface area contributed by atoms with Crippen LogP contribution in [-0.4, -0.2) is 20.0 Å². The van der Waals surface area contributed by atoms with E-state index < -0.39 is 0 Å². The van der Waals surface area contributed by atoms with Crippen molar-refractivity contribution in [3.8, 4) is 11.5 Å². The van der Waals surface area contributed by atoms with Crippen molar-refractivity contribution in [2.24, 2.45) is 0 Å². The molecule has 0 saturated heterocycles. The summed E-state index contributed by atoms with van der Waals surface area (Å²) in [6, 6.07) is 21.6. The average molecular weight is 389 g/mol. The molecule has 0 aliphatic heterocycles. The van der Waals surface area contributed by atoms with Crippen LogP contribution < -0.4 is 14.8 Å². The zero-order valence-corrected chi connectivity index (χ0v) is 17.4. The largest absolute Gasteiger partial charge is 0.493 e. The van der Waals surface area contributed by atoms with E-state index in [1.807, 2.05) is 12.1 Å². The molecule has 0 aliphatic carbocycles. The van der Waals surface area contributed by atoms with Gasteiger partial charge in [0.05, 0.1) is 20.3 Å². The number of Topliss-reactive ketones (excluding diaryl/α,β-unsaturated/α-hetero) is 1. The number of benzene rings is 3. The van der Waals surface area contributed by atoms with Crippen LogP contribution in [0.2, 0.25) is 0 Å². The van der Waals surface area contributed by atoms with Gasteiger partial charge in [-0.25, -0.2) is 0 Å². The maximum Gasteiger partial charge on any atom is 0.165 e. The maximum absolute atomic E-state index is 13.1. The molecule has 0 fully saturated rings. The molecule has 4 nitrogen and oxygen atoms in total. The Kier molecular flexibility index (Phi) is 6.55. The van der Waals surface area contributed by atoms with Crippen molar-refractivity contribution in [3.63, 3.8) is 0 Å². The summed E-state index contributed by atoms with van der Waals surface area (Å²) < 4.78 is 10.6. The van der Waals surface area contributed by atoms with Gasteiger partial charge in [0.15, 0.2) is 17.3 Å². The first-order valence-electron chi connectivity index (χ1n) is 9.65. The second-order valence-corrected chi connectivity index (χ2v) is 7.17.